The Morgan fingerprint density at radius 1 is 1.18 bits per heavy atom. The van der Waals surface area contributed by atoms with Crippen LogP contribution in [0.25, 0.3) is 0 Å². The lowest BCUT2D eigenvalue weighted by molar-refractivity contribution is -0.122. The van der Waals surface area contributed by atoms with Crippen molar-refractivity contribution < 1.29 is 9.90 Å². The highest BCUT2D eigenvalue weighted by molar-refractivity contribution is 5.32. The van der Waals surface area contributed by atoms with Gasteiger partial charge in [-0.15, -0.1) is 0 Å². The van der Waals surface area contributed by atoms with Crippen molar-refractivity contribution in [3.05, 3.63) is 0 Å². The van der Waals surface area contributed by atoms with Gasteiger partial charge in [0.15, 0.2) is 0 Å². The summed E-state index contributed by atoms with van der Waals surface area (Å²) in [5, 5.41) is 6.89. The summed E-state index contributed by atoms with van der Waals surface area (Å²) in [5.41, 5.74) is 0. The Kier molecular flexibility index (Phi) is 3.36. The molecule has 0 aromatic carbocycles. The molecule has 3 nitrogen and oxygen atoms in total. The molecule has 2 bridgehead atoms. The molecule has 3 heterocycles. The Labute approximate surface area is 67.0 Å². The number of nitrogens with zero attached hydrogens (tertiary/aromatic N) is 1. The molecular weight excluding hydrogens is 142 g/mol. The molecule has 0 atom stereocenters. The number of piperidine rings is 3. The van der Waals surface area contributed by atoms with Crippen LogP contribution in [0.1, 0.15) is 19.3 Å². The van der Waals surface area contributed by atoms with Crippen LogP contribution in [-0.2, 0) is 4.79 Å². The number of fused-ring (bicyclic) bond motifs is 3. The summed E-state index contributed by atoms with van der Waals surface area (Å²) in [5.74, 6) is 1.11. The lowest BCUT2D eigenvalue weighted by Gasteiger charge is -2.38. The monoisotopic (exact) mass is 157 g/mol. The smallest absolute Gasteiger partial charge is 0.290 e. The first-order valence-corrected chi connectivity index (χ1v) is 4.17. The van der Waals surface area contributed by atoms with Crippen molar-refractivity contribution >= 4 is 6.47 Å². The molecule has 0 amide bonds. The highest BCUT2D eigenvalue weighted by atomic mass is 16.3. The third kappa shape index (κ3) is 2.50. The van der Waals surface area contributed by atoms with Crippen LogP contribution in [0, 0.1) is 5.92 Å². The van der Waals surface area contributed by atoms with E-state index in [0.29, 0.717) is 0 Å². The Morgan fingerprint density at radius 2 is 1.55 bits per heavy atom. The first-order chi connectivity index (χ1) is 5.36. The quantitative estimate of drug-likeness (QED) is 0.529. The van der Waals surface area contributed by atoms with E-state index in [2.05, 4.69) is 4.90 Å². The van der Waals surface area contributed by atoms with Gasteiger partial charge in [-0.05, 0) is 44.8 Å². The van der Waals surface area contributed by atoms with Crippen molar-refractivity contribution in [1.82, 2.24) is 4.90 Å². The minimum atomic E-state index is -0.250. The summed E-state index contributed by atoms with van der Waals surface area (Å²) >= 11 is 0. The second kappa shape index (κ2) is 4.34. The van der Waals surface area contributed by atoms with Crippen molar-refractivity contribution in [2.24, 2.45) is 5.92 Å². The number of carbonyl (C=O) groups is 1. The molecule has 0 spiro atoms. The average molecular weight is 157 g/mol. The molecule has 0 aromatic rings. The summed E-state index contributed by atoms with van der Waals surface area (Å²) < 4.78 is 0. The van der Waals surface area contributed by atoms with Gasteiger partial charge >= 0.3 is 0 Å². The summed E-state index contributed by atoms with van der Waals surface area (Å²) in [6.45, 7) is 3.93. The minimum absolute atomic E-state index is 0.250. The second-order valence-electron chi connectivity index (χ2n) is 3.18. The van der Waals surface area contributed by atoms with E-state index in [-0.39, 0.29) is 6.47 Å². The maximum absolute atomic E-state index is 8.36. The van der Waals surface area contributed by atoms with Crippen molar-refractivity contribution in [1.29, 1.82) is 0 Å². The van der Waals surface area contributed by atoms with E-state index in [4.69, 9.17) is 9.90 Å². The molecule has 3 saturated heterocycles. The van der Waals surface area contributed by atoms with Crippen LogP contribution in [-0.4, -0.2) is 36.1 Å². The van der Waals surface area contributed by atoms with Gasteiger partial charge in [0.1, 0.15) is 0 Å². The van der Waals surface area contributed by atoms with E-state index in [1.807, 2.05) is 0 Å². The zero-order valence-electron chi connectivity index (χ0n) is 6.70. The first kappa shape index (κ1) is 8.53. The molecule has 1 N–H and O–H groups in total. The zero-order chi connectivity index (χ0) is 8.10. The van der Waals surface area contributed by atoms with E-state index >= 15 is 0 Å². The molecule has 0 aliphatic carbocycles. The molecular formula is C8H15NO2. The van der Waals surface area contributed by atoms with Gasteiger partial charge in [-0.2, -0.15) is 0 Å². The molecule has 0 unspecified atom stereocenters. The van der Waals surface area contributed by atoms with Crippen LogP contribution in [0.4, 0.5) is 0 Å². The van der Waals surface area contributed by atoms with Gasteiger partial charge in [-0.25, -0.2) is 0 Å². The molecule has 3 fully saturated rings. The van der Waals surface area contributed by atoms with E-state index in [9.17, 15) is 0 Å². The lowest BCUT2D eigenvalue weighted by Crippen LogP contribution is -2.41. The predicted octanol–water partition coefficient (Wildman–Crippen LogP) is 0.803. The number of hydrogen-bond donors (Lipinski definition) is 1. The van der Waals surface area contributed by atoms with Crippen LogP contribution in [0.5, 0.6) is 0 Å². The minimum Gasteiger partial charge on any atom is -0.483 e. The molecule has 3 aliphatic rings. The molecule has 3 aliphatic heterocycles. The first-order valence-electron chi connectivity index (χ1n) is 4.17. The van der Waals surface area contributed by atoms with Crippen LogP contribution < -0.4 is 0 Å². The standard InChI is InChI=1S/C7H13N.CH2O2/c1-4-8-5-2-7(1)3-6-8;2-1-3/h7H,1-6H2;1H,(H,2,3). The number of carboxylic acid groups (broad SMARTS) is 1. The van der Waals surface area contributed by atoms with Gasteiger partial charge in [-0.3, -0.25) is 4.79 Å². The Hall–Kier alpha value is -0.570. The largest absolute Gasteiger partial charge is 0.483 e. The Bertz CT molecular complexity index is 96.2. The highest BCUT2D eigenvalue weighted by Gasteiger charge is 2.24. The van der Waals surface area contributed by atoms with E-state index in [1.54, 1.807) is 0 Å². The molecule has 0 radical (unpaired) electrons. The van der Waals surface area contributed by atoms with Gasteiger partial charge < -0.3 is 10.0 Å². The van der Waals surface area contributed by atoms with Gasteiger partial charge in [0.25, 0.3) is 6.47 Å². The maximum atomic E-state index is 8.36. The fourth-order valence-corrected chi connectivity index (χ4v) is 1.86. The Balaban J connectivity index is 0.000000179. The fourth-order valence-electron chi connectivity index (χ4n) is 1.86. The fraction of sp³-hybridized carbons (Fsp3) is 0.875. The Morgan fingerprint density at radius 3 is 1.64 bits per heavy atom. The van der Waals surface area contributed by atoms with Crippen molar-refractivity contribution in [2.45, 2.75) is 19.3 Å². The second-order valence-corrected chi connectivity index (χ2v) is 3.18. The highest BCUT2D eigenvalue weighted by Crippen LogP contribution is 2.26. The van der Waals surface area contributed by atoms with Gasteiger partial charge in [-0.1, -0.05) is 0 Å². The van der Waals surface area contributed by atoms with Gasteiger partial charge in [0, 0.05) is 0 Å². The summed E-state index contributed by atoms with van der Waals surface area (Å²) in [6.07, 6.45) is 4.46. The van der Waals surface area contributed by atoms with E-state index in [1.165, 1.54) is 38.9 Å². The molecule has 3 rings (SSSR count). The SMILES string of the molecule is C1CN2CCC1CC2.O=CO. The summed E-state index contributed by atoms with van der Waals surface area (Å²) in [6, 6.07) is 0. The van der Waals surface area contributed by atoms with Gasteiger partial charge in [0.2, 0.25) is 0 Å². The molecule has 3 heteroatoms. The van der Waals surface area contributed by atoms with E-state index in [0.717, 1.165) is 5.92 Å². The van der Waals surface area contributed by atoms with Gasteiger partial charge in [0.05, 0.1) is 0 Å². The lowest BCUT2D eigenvalue weighted by atomic mass is 9.89. The summed E-state index contributed by atoms with van der Waals surface area (Å²) in [7, 11) is 0. The third-order valence-corrected chi connectivity index (χ3v) is 2.56. The topological polar surface area (TPSA) is 40.5 Å². The van der Waals surface area contributed by atoms with Crippen LogP contribution in [0.15, 0.2) is 0 Å². The molecule has 11 heavy (non-hydrogen) atoms. The number of rotatable bonds is 0. The number of hydrogen-bond acceptors (Lipinski definition) is 2. The normalized spacial score (nSPS) is 33.8. The average Bonchev–Trinajstić information content (AvgIpc) is 2.09. The van der Waals surface area contributed by atoms with E-state index < -0.39 is 0 Å². The van der Waals surface area contributed by atoms with Crippen LogP contribution in [0.3, 0.4) is 0 Å². The third-order valence-electron chi connectivity index (χ3n) is 2.56. The molecule has 0 saturated carbocycles. The summed E-state index contributed by atoms with van der Waals surface area (Å²) in [4.78, 5) is 10.9. The van der Waals surface area contributed by atoms with Crippen molar-refractivity contribution in [3.8, 4) is 0 Å². The van der Waals surface area contributed by atoms with Crippen LogP contribution in [0.2, 0.25) is 0 Å². The van der Waals surface area contributed by atoms with Crippen LogP contribution >= 0.6 is 0 Å². The predicted molar refractivity (Wildman–Crippen MR) is 42.5 cm³/mol. The van der Waals surface area contributed by atoms with Crippen molar-refractivity contribution in [3.63, 3.8) is 0 Å². The molecule has 64 valence electrons. The molecule has 0 aromatic heterocycles. The maximum Gasteiger partial charge on any atom is 0.290 e. The van der Waals surface area contributed by atoms with Crippen molar-refractivity contribution in [2.75, 3.05) is 19.6 Å². The zero-order valence-corrected chi connectivity index (χ0v) is 6.70.